The largest absolute Gasteiger partial charge is 0.506 e. The van der Waals surface area contributed by atoms with Gasteiger partial charge in [0.25, 0.3) is 0 Å². The zero-order chi connectivity index (χ0) is 8.97. The highest BCUT2D eigenvalue weighted by atomic mass is 35.5. The topological polar surface area (TPSA) is 59.4 Å². The monoisotopic (exact) mass is 203 g/mol. The third-order valence-corrected chi connectivity index (χ3v) is 1.36. The van der Waals surface area contributed by atoms with E-state index in [1.165, 1.54) is 25.6 Å². The molecule has 5 heteroatoms. The number of ether oxygens (including phenoxy) is 1. The molecule has 0 aliphatic carbocycles. The van der Waals surface area contributed by atoms with E-state index in [-0.39, 0.29) is 30.5 Å². The van der Waals surface area contributed by atoms with Crippen LogP contribution in [0.1, 0.15) is 5.56 Å². The number of halogens is 1. The molecule has 0 bridgehead atoms. The fraction of sp³-hybridized carbons (Fsp3) is 0.250. The SMILES string of the molecule is COC(=O)Cc1cncc(O)c1.Cl. The molecule has 4 nitrogen and oxygen atoms in total. The molecule has 0 saturated heterocycles. The molecule has 1 heterocycles. The zero-order valence-corrected chi connectivity index (χ0v) is 7.87. The van der Waals surface area contributed by atoms with Crippen LogP contribution < -0.4 is 0 Å². The van der Waals surface area contributed by atoms with Crippen molar-refractivity contribution in [2.75, 3.05) is 7.11 Å². The molecule has 0 atom stereocenters. The van der Waals surface area contributed by atoms with Crippen molar-refractivity contribution in [3.8, 4) is 5.75 Å². The highest BCUT2D eigenvalue weighted by Gasteiger charge is 2.02. The zero-order valence-electron chi connectivity index (χ0n) is 7.06. The van der Waals surface area contributed by atoms with E-state index in [1.807, 2.05) is 0 Å². The second kappa shape index (κ2) is 5.37. The fourth-order valence-electron chi connectivity index (χ4n) is 0.809. The van der Waals surface area contributed by atoms with Gasteiger partial charge in [-0.05, 0) is 11.6 Å². The van der Waals surface area contributed by atoms with Crippen LogP contribution in [0.5, 0.6) is 5.75 Å². The lowest BCUT2D eigenvalue weighted by atomic mass is 10.2. The van der Waals surface area contributed by atoms with Gasteiger partial charge in [-0.15, -0.1) is 12.4 Å². The van der Waals surface area contributed by atoms with E-state index in [1.54, 1.807) is 0 Å². The van der Waals surface area contributed by atoms with E-state index in [0.29, 0.717) is 5.56 Å². The van der Waals surface area contributed by atoms with Gasteiger partial charge >= 0.3 is 5.97 Å². The van der Waals surface area contributed by atoms with Crippen molar-refractivity contribution >= 4 is 18.4 Å². The number of esters is 1. The summed E-state index contributed by atoms with van der Waals surface area (Å²) in [5.41, 5.74) is 0.641. The first-order chi connectivity index (χ1) is 5.72. The first-order valence-corrected chi connectivity index (χ1v) is 3.42. The van der Waals surface area contributed by atoms with E-state index in [9.17, 15) is 4.79 Å². The summed E-state index contributed by atoms with van der Waals surface area (Å²) in [6.07, 6.45) is 2.95. The van der Waals surface area contributed by atoms with Gasteiger partial charge in [-0.1, -0.05) is 0 Å². The van der Waals surface area contributed by atoms with E-state index in [0.717, 1.165) is 0 Å². The predicted molar refractivity (Wildman–Crippen MR) is 48.9 cm³/mol. The minimum absolute atomic E-state index is 0. The lowest BCUT2D eigenvalue weighted by Crippen LogP contribution is -2.04. The smallest absolute Gasteiger partial charge is 0.310 e. The summed E-state index contributed by atoms with van der Waals surface area (Å²) in [5, 5.41) is 8.98. The molecule has 0 radical (unpaired) electrons. The predicted octanol–water partition coefficient (Wildman–Crippen LogP) is 0.924. The van der Waals surface area contributed by atoms with Crippen molar-refractivity contribution in [2.24, 2.45) is 0 Å². The molecule has 0 amide bonds. The molecule has 0 aromatic carbocycles. The van der Waals surface area contributed by atoms with Crippen molar-refractivity contribution in [1.82, 2.24) is 4.98 Å². The quantitative estimate of drug-likeness (QED) is 0.727. The van der Waals surface area contributed by atoms with Gasteiger partial charge in [0, 0.05) is 6.20 Å². The maximum absolute atomic E-state index is 10.8. The Balaban J connectivity index is 0.00000144. The Labute approximate surface area is 82.0 Å². The molecule has 0 spiro atoms. The summed E-state index contributed by atoms with van der Waals surface area (Å²) in [6.45, 7) is 0. The lowest BCUT2D eigenvalue weighted by Gasteiger charge is -1.98. The molecular formula is C8H10ClNO3. The number of hydrogen-bond acceptors (Lipinski definition) is 4. The second-order valence-corrected chi connectivity index (χ2v) is 2.30. The number of carbonyl (C=O) groups is 1. The molecule has 0 unspecified atom stereocenters. The van der Waals surface area contributed by atoms with Crippen LogP contribution in [0.2, 0.25) is 0 Å². The maximum Gasteiger partial charge on any atom is 0.310 e. The Morgan fingerprint density at radius 3 is 2.85 bits per heavy atom. The average molecular weight is 204 g/mol. The number of aromatic nitrogens is 1. The summed E-state index contributed by atoms with van der Waals surface area (Å²) in [5.74, 6) is -0.293. The number of rotatable bonds is 2. The molecule has 0 aliphatic rings. The van der Waals surface area contributed by atoms with Gasteiger partial charge in [0.05, 0.1) is 19.7 Å². The maximum atomic E-state index is 10.8. The first kappa shape index (κ1) is 11.7. The van der Waals surface area contributed by atoms with E-state index in [2.05, 4.69) is 9.72 Å². The Hall–Kier alpha value is -1.29. The van der Waals surface area contributed by atoms with Gasteiger partial charge in [0.15, 0.2) is 0 Å². The van der Waals surface area contributed by atoms with Crippen LogP contribution in [0.4, 0.5) is 0 Å². The first-order valence-electron chi connectivity index (χ1n) is 3.42. The summed E-state index contributed by atoms with van der Waals surface area (Å²) in [7, 11) is 1.32. The Morgan fingerprint density at radius 1 is 1.62 bits per heavy atom. The number of hydrogen-bond donors (Lipinski definition) is 1. The number of methoxy groups -OCH3 is 1. The molecule has 1 N–H and O–H groups in total. The second-order valence-electron chi connectivity index (χ2n) is 2.30. The van der Waals surface area contributed by atoms with Crippen molar-refractivity contribution in [3.63, 3.8) is 0 Å². The molecule has 0 saturated carbocycles. The van der Waals surface area contributed by atoms with Crippen molar-refractivity contribution < 1.29 is 14.6 Å². The Bertz CT molecular complexity index is 290. The van der Waals surface area contributed by atoms with Crippen LogP contribution in [0.25, 0.3) is 0 Å². The molecule has 0 aliphatic heterocycles. The van der Waals surface area contributed by atoms with Crippen LogP contribution in [-0.4, -0.2) is 23.2 Å². The Kier molecular flexibility index (Phi) is 4.84. The minimum Gasteiger partial charge on any atom is -0.506 e. The summed E-state index contributed by atoms with van der Waals surface area (Å²) >= 11 is 0. The molecule has 13 heavy (non-hydrogen) atoms. The van der Waals surface area contributed by atoms with Gasteiger partial charge in [0.1, 0.15) is 5.75 Å². The highest BCUT2D eigenvalue weighted by molar-refractivity contribution is 5.85. The summed E-state index contributed by atoms with van der Waals surface area (Å²) in [4.78, 5) is 14.5. The van der Waals surface area contributed by atoms with Crippen molar-refractivity contribution in [3.05, 3.63) is 24.0 Å². The van der Waals surface area contributed by atoms with Crippen LogP contribution in [0.3, 0.4) is 0 Å². The normalized spacial score (nSPS) is 8.69. The number of aromatic hydroxyl groups is 1. The third kappa shape index (κ3) is 3.75. The molecule has 0 fully saturated rings. The minimum atomic E-state index is -0.345. The standard InChI is InChI=1S/C8H9NO3.ClH/c1-12-8(11)3-6-2-7(10)5-9-4-6;/h2,4-5,10H,3H2,1H3;1H. The number of nitrogens with zero attached hydrogens (tertiary/aromatic N) is 1. The summed E-state index contributed by atoms with van der Waals surface area (Å²) in [6, 6.07) is 1.48. The molecule has 1 aromatic heterocycles. The van der Waals surface area contributed by atoms with E-state index < -0.39 is 0 Å². The van der Waals surface area contributed by atoms with Crippen LogP contribution in [-0.2, 0) is 16.0 Å². The fourth-order valence-corrected chi connectivity index (χ4v) is 0.809. The van der Waals surface area contributed by atoms with Crippen molar-refractivity contribution in [1.29, 1.82) is 0 Å². The third-order valence-electron chi connectivity index (χ3n) is 1.36. The molecule has 72 valence electrons. The van der Waals surface area contributed by atoms with E-state index >= 15 is 0 Å². The number of pyridine rings is 1. The summed E-state index contributed by atoms with van der Waals surface area (Å²) < 4.78 is 4.45. The van der Waals surface area contributed by atoms with Crippen LogP contribution in [0.15, 0.2) is 18.5 Å². The van der Waals surface area contributed by atoms with Gasteiger partial charge < -0.3 is 9.84 Å². The van der Waals surface area contributed by atoms with Crippen LogP contribution in [0, 0.1) is 0 Å². The van der Waals surface area contributed by atoms with E-state index in [4.69, 9.17) is 5.11 Å². The van der Waals surface area contributed by atoms with Crippen LogP contribution >= 0.6 is 12.4 Å². The number of carbonyl (C=O) groups excluding carboxylic acids is 1. The van der Waals surface area contributed by atoms with Gasteiger partial charge in [-0.2, -0.15) is 0 Å². The molecular weight excluding hydrogens is 194 g/mol. The van der Waals surface area contributed by atoms with Crippen molar-refractivity contribution in [2.45, 2.75) is 6.42 Å². The lowest BCUT2D eigenvalue weighted by molar-refractivity contribution is -0.139. The molecule has 1 aromatic rings. The highest BCUT2D eigenvalue weighted by Crippen LogP contribution is 2.08. The Morgan fingerprint density at radius 2 is 2.31 bits per heavy atom. The average Bonchev–Trinajstić information content (AvgIpc) is 2.04. The van der Waals surface area contributed by atoms with Gasteiger partial charge in [0.2, 0.25) is 0 Å². The van der Waals surface area contributed by atoms with Gasteiger partial charge in [-0.25, -0.2) is 0 Å². The van der Waals surface area contributed by atoms with Gasteiger partial charge in [-0.3, -0.25) is 9.78 Å². The molecule has 1 rings (SSSR count).